The molecule has 1 aromatic carbocycles. The van der Waals surface area contributed by atoms with E-state index in [1.807, 2.05) is 0 Å². The van der Waals surface area contributed by atoms with Gasteiger partial charge in [-0.2, -0.15) is 0 Å². The number of methoxy groups -OCH3 is 1. The molecule has 1 aliphatic rings. The van der Waals surface area contributed by atoms with Crippen LogP contribution in [0.15, 0.2) is 18.2 Å². The number of hydrogen-bond donors (Lipinski definition) is 2. The van der Waals surface area contributed by atoms with Crippen LogP contribution in [0.1, 0.15) is 24.8 Å². The van der Waals surface area contributed by atoms with Crippen LogP contribution >= 0.6 is 0 Å². The lowest BCUT2D eigenvalue weighted by Crippen LogP contribution is -2.41. The number of carboxylic acids is 1. The molecular formula is C15H20FNO3. The molecule has 0 saturated heterocycles. The van der Waals surface area contributed by atoms with Crippen molar-refractivity contribution in [3.8, 4) is 5.75 Å². The zero-order valence-corrected chi connectivity index (χ0v) is 11.6. The highest BCUT2D eigenvalue weighted by Gasteiger charge is 2.42. The molecule has 1 atom stereocenters. The highest BCUT2D eigenvalue weighted by Crippen LogP contribution is 2.42. The van der Waals surface area contributed by atoms with Crippen molar-refractivity contribution in [2.45, 2.75) is 25.7 Å². The Morgan fingerprint density at radius 1 is 1.55 bits per heavy atom. The monoisotopic (exact) mass is 281 g/mol. The second-order valence-electron chi connectivity index (χ2n) is 5.55. The molecule has 5 heteroatoms. The maximum absolute atomic E-state index is 14.2. The Hall–Kier alpha value is -1.62. The summed E-state index contributed by atoms with van der Waals surface area (Å²) >= 11 is 0. The van der Waals surface area contributed by atoms with E-state index < -0.39 is 17.2 Å². The highest BCUT2D eigenvalue weighted by atomic mass is 19.1. The van der Waals surface area contributed by atoms with E-state index in [1.54, 1.807) is 12.1 Å². The minimum atomic E-state index is -1.09. The fourth-order valence-electron chi connectivity index (χ4n) is 2.57. The Morgan fingerprint density at radius 3 is 2.75 bits per heavy atom. The summed E-state index contributed by atoms with van der Waals surface area (Å²) in [6.07, 6.45) is 2.68. The normalized spacial score (nSPS) is 17.6. The Kier molecular flexibility index (Phi) is 4.28. The van der Waals surface area contributed by atoms with Gasteiger partial charge in [-0.3, -0.25) is 4.79 Å². The first-order valence-corrected chi connectivity index (χ1v) is 6.77. The summed E-state index contributed by atoms with van der Waals surface area (Å²) in [5.41, 5.74) is 4.98. The molecule has 1 fully saturated rings. The van der Waals surface area contributed by atoms with Crippen LogP contribution in [0.3, 0.4) is 0 Å². The predicted octanol–water partition coefficient (Wildman–Crippen LogP) is 2.21. The zero-order valence-electron chi connectivity index (χ0n) is 11.6. The Balaban J connectivity index is 2.29. The number of nitrogens with two attached hydrogens (primary N) is 1. The topological polar surface area (TPSA) is 72.5 Å². The molecule has 0 radical (unpaired) electrons. The van der Waals surface area contributed by atoms with Crippen LogP contribution in [0, 0.1) is 17.2 Å². The van der Waals surface area contributed by atoms with Gasteiger partial charge in [-0.1, -0.05) is 25.0 Å². The second kappa shape index (κ2) is 5.79. The number of hydrogen-bond acceptors (Lipinski definition) is 3. The van der Waals surface area contributed by atoms with E-state index in [2.05, 4.69) is 0 Å². The van der Waals surface area contributed by atoms with Crippen molar-refractivity contribution in [3.63, 3.8) is 0 Å². The third kappa shape index (κ3) is 2.93. The smallest absolute Gasteiger partial charge is 0.311 e. The Morgan fingerprint density at radius 2 is 2.25 bits per heavy atom. The fraction of sp³-hybridized carbons (Fsp3) is 0.533. The first-order chi connectivity index (χ1) is 9.52. The number of halogens is 1. The molecule has 0 aromatic heterocycles. The molecule has 0 amide bonds. The summed E-state index contributed by atoms with van der Waals surface area (Å²) < 4.78 is 19.1. The van der Waals surface area contributed by atoms with Crippen molar-refractivity contribution in [2.75, 3.05) is 13.7 Å². The van der Waals surface area contributed by atoms with E-state index in [-0.39, 0.29) is 18.7 Å². The number of ether oxygens (including phenoxy) is 1. The summed E-state index contributed by atoms with van der Waals surface area (Å²) in [4.78, 5) is 11.7. The van der Waals surface area contributed by atoms with Gasteiger partial charge >= 0.3 is 5.97 Å². The fourth-order valence-corrected chi connectivity index (χ4v) is 2.57. The van der Waals surface area contributed by atoms with Crippen LogP contribution in [0.5, 0.6) is 5.75 Å². The van der Waals surface area contributed by atoms with Crippen molar-refractivity contribution >= 4 is 5.97 Å². The van der Waals surface area contributed by atoms with E-state index in [9.17, 15) is 14.3 Å². The molecule has 20 heavy (non-hydrogen) atoms. The molecule has 1 saturated carbocycles. The van der Waals surface area contributed by atoms with E-state index in [1.165, 1.54) is 13.2 Å². The minimum absolute atomic E-state index is 0.00941. The van der Waals surface area contributed by atoms with Crippen molar-refractivity contribution in [3.05, 3.63) is 29.6 Å². The molecule has 2 rings (SSSR count). The molecule has 4 nitrogen and oxygen atoms in total. The van der Waals surface area contributed by atoms with Gasteiger partial charge in [0.05, 0.1) is 12.5 Å². The summed E-state index contributed by atoms with van der Waals surface area (Å²) in [6.45, 7) is 0.00941. The Bertz CT molecular complexity index is 502. The molecule has 1 aliphatic carbocycles. The van der Waals surface area contributed by atoms with Gasteiger partial charge < -0.3 is 15.6 Å². The van der Waals surface area contributed by atoms with Crippen LogP contribution in [-0.4, -0.2) is 24.7 Å². The summed E-state index contributed by atoms with van der Waals surface area (Å²) in [5, 5.41) is 9.55. The van der Waals surface area contributed by atoms with Gasteiger partial charge in [0.15, 0.2) is 11.6 Å². The van der Waals surface area contributed by atoms with Gasteiger partial charge in [0.1, 0.15) is 0 Å². The standard InChI is InChI=1S/C15H20FNO3/c1-20-12-4-2-3-11(13(12)16)8-15(9-17,14(18)19)7-10-5-6-10/h2-4,10H,5-9,17H2,1H3,(H,18,19). The van der Waals surface area contributed by atoms with Crippen LogP contribution in [0.4, 0.5) is 4.39 Å². The van der Waals surface area contributed by atoms with E-state index >= 15 is 0 Å². The van der Waals surface area contributed by atoms with E-state index in [0.29, 0.717) is 17.9 Å². The summed E-state index contributed by atoms with van der Waals surface area (Å²) in [7, 11) is 1.39. The van der Waals surface area contributed by atoms with Crippen LogP contribution < -0.4 is 10.5 Å². The third-order valence-corrected chi connectivity index (χ3v) is 4.01. The highest BCUT2D eigenvalue weighted by molar-refractivity contribution is 5.75. The Labute approximate surface area is 117 Å². The maximum atomic E-state index is 14.2. The number of carbonyl (C=O) groups is 1. The van der Waals surface area contributed by atoms with Crippen LogP contribution in [0.25, 0.3) is 0 Å². The zero-order chi connectivity index (χ0) is 14.8. The second-order valence-corrected chi connectivity index (χ2v) is 5.55. The van der Waals surface area contributed by atoms with Crippen molar-refractivity contribution < 1.29 is 19.0 Å². The first kappa shape index (κ1) is 14.8. The average Bonchev–Trinajstić information content (AvgIpc) is 3.23. The number of rotatable bonds is 7. The number of carboxylic acid groups (broad SMARTS) is 1. The lowest BCUT2D eigenvalue weighted by Gasteiger charge is -2.28. The average molecular weight is 281 g/mol. The van der Waals surface area contributed by atoms with Gasteiger partial charge in [0.25, 0.3) is 0 Å². The molecule has 1 unspecified atom stereocenters. The molecule has 1 aromatic rings. The molecule has 0 aliphatic heterocycles. The maximum Gasteiger partial charge on any atom is 0.311 e. The lowest BCUT2D eigenvalue weighted by atomic mass is 9.77. The minimum Gasteiger partial charge on any atom is -0.494 e. The van der Waals surface area contributed by atoms with Gasteiger partial charge in [-0.25, -0.2) is 4.39 Å². The van der Waals surface area contributed by atoms with E-state index in [0.717, 1.165) is 12.8 Å². The molecular weight excluding hydrogens is 261 g/mol. The lowest BCUT2D eigenvalue weighted by molar-refractivity contribution is -0.149. The quantitative estimate of drug-likeness (QED) is 0.803. The third-order valence-electron chi connectivity index (χ3n) is 4.01. The largest absolute Gasteiger partial charge is 0.494 e. The van der Waals surface area contributed by atoms with Gasteiger partial charge in [0, 0.05) is 6.54 Å². The number of benzene rings is 1. The van der Waals surface area contributed by atoms with Gasteiger partial charge in [-0.15, -0.1) is 0 Å². The first-order valence-electron chi connectivity index (χ1n) is 6.77. The van der Waals surface area contributed by atoms with Crippen molar-refractivity contribution in [1.29, 1.82) is 0 Å². The SMILES string of the molecule is COc1cccc(CC(CN)(CC2CC2)C(=O)O)c1F. The molecule has 0 heterocycles. The van der Waals surface area contributed by atoms with Gasteiger partial charge in [-0.05, 0) is 30.4 Å². The molecule has 0 bridgehead atoms. The molecule has 3 N–H and O–H groups in total. The van der Waals surface area contributed by atoms with Gasteiger partial charge in [0.2, 0.25) is 0 Å². The summed E-state index contributed by atoms with van der Waals surface area (Å²) in [5.74, 6) is -0.910. The van der Waals surface area contributed by atoms with Crippen molar-refractivity contribution in [2.24, 2.45) is 17.1 Å². The van der Waals surface area contributed by atoms with E-state index in [4.69, 9.17) is 10.5 Å². The summed E-state index contributed by atoms with van der Waals surface area (Å²) in [6, 6.07) is 4.78. The van der Waals surface area contributed by atoms with Crippen molar-refractivity contribution in [1.82, 2.24) is 0 Å². The van der Waals surface area contributed by atoms with Crippen LogP contribution in [-0.2, 0) is 11.2 Å². The van der Waals surface area contributed by atoms with Crippen LogP contribution in [0.2, 0.25) is 0 Å². The predicted molar refractivity (Wildman–Crippen MR) is 73.1 cm³/mol. The number of aliphatic carboxylic acids is 1. The molecule has 110 valence electrons. The molecule has 0 spiro atoms.